The molecule has 3 N–H and O–H groups in total. The molecule has 8 heteroatoms. The van der Waals surface area contributed by atoms with E-state index >= 15 is 0 Å². The number of aliphatic hydroxyl groups excluding tert-OH is 1. The zero-order valence-electron chi connectivity index (χ0n) is 11.6. The van der Waals surface area contributed by atoms with Gasteiger partial charge in [-0.25, -0.2) is 4.79 Å². The summed E-state index contributed by atoms with van der Waals surface area (Å²) in [6, 6.07) is 1.88. The van der Waals surface area contributed by atoms with E-state index < -0.39 is 17.9 Å². The van der Waals surface area contributed by atoms with Gasteiger partial charge in [-0.15, -0.1) is 0 Å². The molecule has 0 radical (unpaired) electrons. The predicted molar refractivity (Wildman–Crippen MR) is 77.8 cm³/mol. The lowest BCUT2D eigenvalue weighted by Crippen LogP contribution is -2.41. The van der Waals surface area contributed by atoms with Crippen LogP contribution in [0.25, 0.3) is 0 Å². The van der Waals surface area contributed by atoms with Gasteiger partial charge in [0.1, 0.15) is 17.5 Å². The maximum Gasteiger partial charge on any atom is 0.326 e. The number of hydrogen-bond acceptors (Lipinski definition) is 5. The summed E-state index contributed by atoms with van der Waals surface area (Å²) in [5.74, 6) is -1.17. The molecule has 1 rings (SSSR count). The standard InChI is InChI=1S/C13H16BrNO6/c1-20-7-5-8(11(21-2)9(14)6-7)12(17)15-10(3-4-16)13(18)19/h5-6,10,16H,3-4H2,1-2H3,(H,15,17)(H,18,19). The zero-order chi connectivity index (χ0) is 16.0. The number of carboxylic acid groups (broad SMARTS) is 1. The molecule has 1 aromatic rings. The smallest absolute Gasteiger partial charge is 0.326 e. The Kier molecular flexibility index (Phi) is 6.44. The minimum atomic E-state index is -1.22. The Morgan fingerprint density at radius 3 is 2.48 bits per heavy atom. The third-order valence-corrected chi connectivity index (χ3v) is 3.31. The summed E-state index contributed by atoms with van der Waals surface area (Å²) in [6.45, 7) is -0.351. The molecule has 0 spiro atoms. The fraction of sp³-hybridized carbons (Fsp3) is 0.385. The molecule has 0 aromatic heterocycles. The van der Waals surface area contributed by atoms with Crippen LogP contribution in [0.5, 0.6) is 11.5 Å². The molecule has 1 unspecified atom stereocenters. The van der Waals surface area contributed by atoms with E-state index in [1.54, 1.807) is 6.07 Å². The maximum absolute atomic E-state index is 12.2. The number of halogens is 1. The molecule has 1 atom stereocenters. The molecule has 7 nitrogen and oxygen atoms in total. The fourth-order valence-electron chi connectivity index (χ4n) is 1.69. The van der Waals surface area contributed by atoms with E-state index in [9.17, 15) is 9.59 Å². The van der Waals surface area contributed by atoms with Gasteiger partial charge in [-0.2, -0.15) is 0 Å². The first-order chi connectivity index (χ1) is 9.94. The Balaban J connectivity index is 3.10. The predicted octanol–water partition coefficient (Wildman–Crippen LogP) is 1.03. The number of hydrogen-bond donors (Lipinski definition) is 3. The SMILES string of the molecule is COc1cc(Br)c(OC)c(C(=O)NC(CCO)C(=O)O)c1. The van der Waals surface area contributed by atoms with Gasteiger partial charge in [0, 0.05) is 13.0 Å². The summed E-state index contributed by atoms with van der Waals surface area (Å²) in [6.07, 6.45) is -0.0888. The van der Waals surface area contributed by atoms with E-state index in [0.717, 1.165) is 0 Å². The van der Waals surface area contributed by atoms with Gasteiger partial charge in [0.2, 0.25) is 0 Å². The van der Waals surface area contributed by atoms with Crippen LogP contribution >= 0.6 is 15.9 Å². The van der Waals surface area contributed by atoms with Crippen molar-refractivity contribution < 1.29 is 29.3 Å². The number of carboxylic acids is 1. The summed E-state index contributed by atoms with van der Waals surface area (Å²) >= 11 is 3.25. The number of amides is 1. The highest BCUT2D eigenvalue weighted by atomic mass is 79.9. The summed E-state index contributed by atoms with van der Waals surface area (Å²) in [5, 5.41) is 20.2. The lowest BCUT2D eigenvalue weighted by Gasteiger charge is -2.16. The van der Waals surface area contributed by atoms with Crippen molar-refractivity contribution in [3.05, 3.63) is 22.2 Å². The average Bonchev–Trinajstić information content (AvgIpc) is 2.45. The minimum absolute atomic E-state index is 0.0888. The number of carbonyl (C=O) groups excluding carboxylic acids is 1. The van der Waals surface area contributed by atoms with Crippen LogP contribution in [0.1, 0.15) is 16.8 Å². The van der Waals surface area contributed by atoms with Crippen molar-refractivity contribution in [1.29, 1.82) is 0 Å². The van der Waals surface area contributed by atoms with E-state index in [1.807, 2.05) is 0 Å². The minimum Gasteiger partial charge on any atom is -0.497 e. The Labute approximate surface area is 130 Å². The molecule has 1 amide bonds. The van der Waals surface area contributed by atoms with E-state index in [2.05, 4.69) is 21.2 Å². The number of carbonyl (C=O) groups is 2. The summed E-state index contributed by atoms with van der Waals surface area (Å²) in [5.41, 5.74) is 0.132. The molecule has 116 valence electrons. The Morgan fingerprint density at radius 1 is 1.33 bits per heavy atom. The van der Waals surface area contributed by atoms with E-state index in [1.165, 1.54) is 20.3 Å². The lowest BCUT2D eigenvalue weighted by atomic mass is 10.1. The number of methoxy groups -OCH3 is 2. The number of benzene rings is 1. The van der Waals surface area contributed by atoms with E-state index in [4.69, 9.17) is 19.7 Å². The van der Waals surface area contributed by atoms with Crippen LogP contribution < -0.4 is 14.8 Å². The molecular formula is C13H16BrNO6. The van der Waals surface area contributed by atoms with Crippen molar-refractivity contribution in [2.24, 2.45) is 0 Å². The van der Waals surface area contributed by atoms with Crippen molar-refractivity contribution in [3.8, 4) is 11.5 Å². The van der Waals surface area contributed by atoms with Crippen molar-refractivity contribution in [2.45, 2.75) is 12.5 Å². The quantitative estimate of drug-likeness (QED) is 0.669. The Hall–Kier alpha value is -1.80. The monoisotopic (exact) mass is 361 g/mol. The molecule has 0 aliphatic rings. The van der Waals surface area contributed by atoms with Crippen LogP contribution in [-0.4, -0.2) is 49.0 Å². The maximum atomic E-state index is 12.2. The van der Waals surface area contributed by atoms with Gasteiger partial charge in [0.15, 0.2) is 0 Å². The molecule has 0 aliphatic carbocycles. The molecule has 0 heterocycles. The first kappa shape index (κ1) is 17.3. The highest BCUT2D eigenvalue weighted by molar-refractivity contribution is 9.10. The van der Waals surface area contributed by atoms with Crippen molar-refractivity contribution in [3.63, 3.8) is 0 Å². The van der Waals surface area contributed by atoms with E-state index in [0.29, 0.717) is 10.2 Å². The molecule has 0 saturated heterocycles. The molecule has 1 aromatic carbocycles. The second-order valence-electron chi connectivity index (χ2n) is 4.07. The van der Waals surface area contributed by atoms with Crippen LogP contribution in [0.4, 0.5) is 0 Å². The highest BCUT2D eigenvalue weighted by Crippen LogP contribution is 2.33. The molecule has 0 aliphatic heterocycles. The molecule has 21 heavy (non-hydrogen) atoms. The highest BCUT2D eigenvalue weighted by Gasteiger charge is 2.23. The van der Waals surface area contributed by atoms with Gasteiger partial charge in [-0.1, -0.05) is 0 Å². The normalized spacial score (nSPS) is 11.6. The van der Waals surface area contributed by atoms with Gasteiger partial charge in [-0.3, -0.25) is 4.79 Å². The number of aliphatic carboxylic acids is 1. The van der Waals surface area contributed by atoms with Crippen LogP contribution in [0.2, 0.25) is 0 Å². The Morgan fingerprint density at radius 2 is 2.00 bits per heavy atom. The molecular weight excluding hydrogens is 346 g/mol. The third-order valence-electron chi connectivity index (χ3n) is 2.72. The van der Waals surface area contributed by atoms with E-state index in [-0.39, 0.29) is 24.3 Å². The first-order valence-electron chi connectivity index (χ1n) is 6.00. The number of rotatable bonds is 7. The van der Waals surface area contributed by atoms with Crippen LogP contribution in [0, 0.1) is 0 Å². The summed E-state index contributed by atoms with van der Waals surface area (Å²) < 4.78 is 10.7. The third kappa shape index (κ3) is 4.33. The molecule has 0 bridgehead atoms. The summed E-state index contributed by atoms with van der Waals surface area (Å²) in [7, 11) is 2.84. The number of aliphatic hydroxyl groups is 1. The van der Waals surface area contributed by atoms with Crippen molar-refractivity contribution >= 4 is 27.8 Å². The van der Waals surface area contributed by atoms with Crippen LogP contribution in [0.15, 0.2) is 16.6 Å². The van der Waals surface area contributed by atoms with Crippen molar-refractivity contribution in [1.82, 2.24) is 5.32 Å². The van der Waals surface area contributed by atoms with Crippen molar-refractivity contribution in [2.75, 3.05) is 20.8 Å². The van der Waals surface area contributed by atoms with Gasteiger partial charge >= 0.3 is 5.97 Å². The molecule has 0 saturated carbocycles. The van der Waals surface area contributed by atoms with Gasteiger partial charge < -0.3 is 25.0 Å². The summed E-state index contributed by atoms with van der Waals surface area (Å²) in [4.78, 5) is 23.2. The average molecular weight is 362 g/mol. The first-order valence-corrected chi connectivity index (χ1v) is 6.80. The van der Waals surface area contributed by atoms with Gasteiger partial charge in [-0.05, 0) is 28.1 Å². The molecule has 0 fully saturated rings. The van der Waals surface area contributed by atoms with Gasteiger partial charge in [0.25, 0.3) is 5.91 Å². The lowest BCUT2D eigenvalue weighted by molar-refractivity contribution is -0.139. The zero-order valence-corrected chi connectivity index (χ0v) is 13.1. The second-order valence-corrected chi connectivity index (χ2v) is 4.92. The number of nitrogens with one attached hydrogen (secondary N) is 1. The van der Waals surface area contributed by atoms with Crippen LogP contribution in [0.3, 0.4) is 0 Å². The Bertz CT molecular complexity index is 534. The largest absolute Gasteiger partial charge is 0.497 e. The van der Waals surface area contributed by atoms with Crippen LogP contribution in [-0.2, 0) is 4.79 Å². The second kappa shape index (κ2) is 7.84. The number of ether oxygens (including phenoxy) is 2. The van der Waals surface area contributed by atoms with Gasteiger partial charge in [0.05, 0.1) is 24.3 Å². The topological polar surface area (TPSA) is 105 Å². The fourth-order valence-corrected chi connectivity index (χ4v) is 2.29.